The second kappa shape index (κ2) is 10.6. The molecule has 0 spiro atoms. The van der Waals surface area contributed by atoms with Gasteiger partial charge in [0.25, 0.3) is 10.1 Å². The summed E-state index contributed by atoms with van der Waals surface area (Å²) in [4.78, 5) is 9.04. The Morgan fingerprint density at radius 2 is 1.89 bits per heavy atom. The largest absolute Gasteiger partial charge is 0.395 e. The molecule has 28 heavy (non-hydrogen) atoms. The van der Waals surface area contributed by atoms with E-state index in [4.69, 9.17) is 9.57 Å². The number of nitrogens with zero attached hydrogens (tertiary/aromatic N) is 2. The predicted molar refractivity (Wildman–Crippen MR) is 113 cm³/mol. The highest BCUT2D eigenvalue weighted by Gasteiger charge is 2.35. The SMILES string of the molecule is COS(=O)(=O)CCCON=C(c1ccc(SC)cc1)C(C)(C)N1CCOCC1. The second-order valence-corrected chi connectivity index (χ2v) is 9.68. The maximum Gasteiger partial charge on any atom is 0.267 e. The van der Waals surface area contributed by atoms with E-state index < -0.39 is 10.1 Å². The number of morpholine rings is 1. The molecule has 1 aromatic rings. The number of ether oxygens (including phenoxy) is 1. The van der Waals surface area contributed by atoms with Gasteiger partial charge >= 0.3 is 0 Å². The van der Waals surface area contributed by atoms with E-state index in [-0.39, 0.29) is 17.9 Å². The molecular weight excluding hydrogens is 400 g/mol. The smallest absolute Gasteiger partial charge is 0.267 e. The van der Waals surface area contributed by atoms with Crippen LogP contribution in [0, 0.1) is 0 Å². The van der Waals surface area contributed by atoms with Gasteiger partial charge in [0.1, 0.15) is 12.3 Å². The lowest BCUT2D eigenvalue weighted by Gasteiger charge is -2.41. The fourth-order valence-corrected chi connectivity index (χ4v) is 4.08. The van der Waals surface area contributed by atoms with Gasteiger partial charge < -0.3 is 9.57 Å². The molecule has 2 rings (SSSR count). The van der Waals surface area contributed by atoms with Gasteiger partial charge in [0.05, 0.1) is 31.6 Å². The van der Waals surface area contributed by atoms with Crippen molar-refractivity contribution in [2.45, 2.75) is 30.7 Å². The Labute approximate surface area is 172 Å². The number of oxime groups is 1. The van der Waals surface area contributed by atoms with Crippen LogP contribution < -0.4 is 0 Å². The molecule has 158 valence electrons. The molecule has 1 saturated heterocycles. The van der Waals surface area contributed by atoms with Crippen molar-refractivity contribution in [3.8, 4) is 0 Å². The van der Waals surface area contributed by atoms with Gasteiger partial charge in [0.2, 0.25) is 0 Å². The van der Waals surface area contributed by atoms with Crippen LogP contribution >= 0.6 is 11.8 Å². The first-order valence-corrected chi connectivity index (χ1v) is 12.1. The highest BCUT2D eigenvalue weighted by atomic mass is 32.2. The number of hydrogen-bond donors (Lipinski definition) is 0. The lowest BCUT2D eigenvalue weighted by molar-refractivity contribution is 0.00881. The molecule has 1 aromatic carbocycles. The molecule has 7 nitrogen and oxygen atoms in total. The first-order valence-electron chi connectivity index (χ1n) is 9.26. The number of hydrogen-bond acceptors (Lipinski definition) is 8. The molecule has 0 aliphatic carbocycles. The third kappa shape index (κ3) is 6.45. The molecule has 0 bridgehead atoms. The van der Waals surface area contributed by atoms with Gasteiger partial charge in [-0.1, -0.05) is 17.3 Å². The molecule has 9 heteroatoms. The number of rotatable bonds is 10. The summed E-state index contributed by atoms with van der Waals surface area (Å²) in [7, 11) is -2.32. The summed E-state index contributed by atoms with van der Waals surface area (Å²) < 4.78 is 32.8. The van der Waals surface area contributed by atoms with Gasteiger partial charge in [-0.15, -0.1) is 11.8 Å². The van der Waals surface area contributed by atoms with Gasteiger partial charge in [-0.05, 0) is 32.2 Å². The highest BCUT2D eigenvalue weighted by molar-refractivity contribution is 7.98. The standard InChI is InChI=1S/C19H30N2O5S2/c1-19(2,21-10-13-25-14-11-21)18(16-6-8-17(27-4)9-7-16)20-26-12-5-15-28(22,23)24-3/h6-9H,5,10-15H2,1-4H3. The van der Waals surface area contributed by atoms with Crippen LogP contribution in [0.3, 0.4) is 0 Å². The lowest BCUT2D eigenvalue weighted by Crippen LogP contribution is -2.54. The van der Waals surface area contributed by atoms with Crippen molar-refractivity contribution >= 4 is 27.6 Å². The van der Waals surface area contributed by atoms with Crippen molar-refractivity contribution in [3.63, 3.8) is 0 Å². The summed E-state index contributed by atoms with van der Waals surface area (Å²) in [6, 6.07) is 8.23. The monoisotopic (exact) mass is 430 g/mol. The van der Waals surface area contributed by atoms with Crippen LogP contribution in [0.15, 0.2) is 34.3 Å². The van der Waals surface area contributed by atoms with Crippen LogP contribution in [0.1, 0.15) is 25.8 Å². The van der Waals surface area contributed by atoms with Gasteiger partial charge in [-0.25, -0.2) is 0 Å². The molecule has 1 aliphatic heterocycles. The van der Waals surface area contributed by atoms with E-state index in [2.05, 4.69) is 40.2 Å². The zero-order chi connectivity index (χ0) is 20.6. The first-order chi connectivity index (χ1) is 13.3. The van der Waals surface area contributed by atoms with Crippen molar-refractivity contribution in [3.05, 3.63) is 29.8 Å². The van der Waals surface area contributed by atoms with E-state index in [0.29, 0.717) is 19.6 Å². The maximum absolute atomic E-state index is 11.4. The Bertz CT molecular complexity index is 742. The van der Waals surface area contributed by atoms with Crippen LogP contribution in [0.4, 0.5) is 0 Å². The minimum atomic E-state index is -3.48. The van der Waals surface area contributed by atoms with Crippen molar-refractivity contribution in [2.75, 3.05) is 52.0 Å². The zero-order valence-electron chi connectivity index (χ0n) is 17.0. The van der Waals surface area contributed by atoms with Gasteiger partial charge in [0, 0.05) is 30.0 Å². The maximum atomic E-state index is 11.4. The van der Waals surface area contributed by atoms with Crippen molar-refractivity contribution in [1.82, 2.24) is 4.90 Å². The van der Waals surface area contributed by atoms with E-state index >= 15 is 0 Å². The Kier molecular flexibility index (Phi) is 8.76. The summed E-state index contributed by atoms with van der Waals surface area (Å²) in [5, 5.41) is 4.43. The molecule has 0 amide bonds. The molecule has 1 aliphatic rings. The minimum absolute atomic E-state index is 0.0936. The number of thioether (sulfide) groups is 1. The Balaban J connectivity index is 2.17. The Morgan fingerprint density at radius 3 is 2.46 bits per heavy atom. The molecule has 0 aromatic heterocycles. The van der Waals surface area contributed by atoms with Crippen LogP contribution in [-0.2, 0) is 23.9 Å². The molecule has 1 fully saturated rings. The normalized spacial score (nSPS) is 16.9. The predicted octanol–water partition coefficient (Wildman–Crippen LogP) is 2.61. The summed E-state index contributed by atoms with van der Waals surface area (Å²) in [5.74, 6) is -0.0936. The topological polar surface area (TPSA) is 77.4 Å². The van der Waals surface area contributed by atoms with Gasteiger partial charge in [-0.2, -0.15) is 8.42 Å². The van der Waals surface area contributed by atoms with Crippen LogP contribution in [0.2, 0.25) is 0 Å². The Morgan fingerprint density at radius 1 is 1.25 bits per heavy atom. The summed E-state index contributed by atoms with van der Waals surface area (Å²) in [6.07, 6.45) is 2.36. The van der Waals surface area contributed by atoms with E-state index in [1.807, 2.05) is 18.4 Å². The molecule has 1 heterocycles. The molecule has 0 unspecified atom stereocenters. The van der Waals surface area contributed by atoms with Crippen molar-refractivity contribution in [2.24, 2.45) is 5.16 Å². The fraction of sp³-hybridized carbons (Fsp3) is 0.632. The quantitative estimate of drug-likeness (QED) is 0.186. The van der Waals surface area contributed by atoms with E-state index in [9.17, 15) is 8.42 Å². The highest BCUT2D eigenvalue weighted by Crippen LogP contribution is 2.25. The molecule has 0 N–H and O–H groups in total. The Hall–Kier alpha value is -1.13. The number of benzene rings is 1. The average Bonchev–Trinajstić information content (AvgIpc) is 2.71. The van der Waals surface area contributed by atoms with Crippen molar-refractivity contribution in [1.29, 1.82) is 0 Å². The third-order valence-electron chi connectivity index (χ3n) is 4.78. The van der Waals surface area contributed by atoms with Crippen LogP contribution in [0.5, 0.6) is 0 Å². The van der Waals surface area contributed by atoms with Crippen molar-refractivity contribution < 1.29 is 22.2 Å². The minimum Gasteiger partial charge on any atom is -0.395 e. The molecule has 0 atom stereocenters. The summed E-state index contributed by atoms with van der Waals surface area (Å²) >= 11 is 1.69. The second-order valence-electron chi connectivity index (χ2n) is 6.94. The summed E-state index contributed by atoms with van der Waals surface area (Å²) in [6.45, 7) is 7.47. The first kappa shape index (κ1) is 23.2. The van der Waals surface area contributed by atoms with Gasteiger partial charge in [0.15, 0.2) is 0 Å². The van der Waals surface area contributed by atoms with E-state index in [1.165, 1.54) is 4.90 Å². The fourth-order valence-electron chi connectivity index (χ4n) is 3.03. The molecule has 0 radical (unpaired) electrons. The van der Waals surface area contributed by atoms with Crippen LogP contribution in [-0.4, -0.2) is 76.6 Å². The molecular formula is C19H30N2O5S2. The van der Waals surface area contributed by atoms with Gasteiger partial charge in [-0.3, -0.25) is 9.08 Å². The van der Waals surface area contributed by atoms with E-state index in [1.54, 1.807) is 11.8 Å². The van der Waals surface area contributed by atoms with E-state index in [0.717, 1.165) is 31.5 Å². The zero-order valence-corrected chi connectivity index (χ0v) is 18.6. The summed E-state index contributed by atoms with van der Waals surface area (Å²) in [5.41, 5.74) is 1.44. The van der Waals surface area contributed by atoms with Crippen LogP contribution in [0.25, 0.3) is 0 Å². The molecule has 0 saturated carbocycles. The third-order valence-corrected chi connectivity index (χ3v) is 6.82. The average molecular weight is 431 g/mol. The lowest BCUT2D eigenvalue weighted by atomic mass is 9.90.